The maximum absolute atomic E-state index is 13.7. The van der Waals surface area contributed by atoms with Gasteiger partial charge < -0.3 is 10.2 Å². The van der Waals surface area contributed by atoms with E-state index >= 15 is 0 Å². The number of aromatic nitrogens is 5. The lowest BCUT2D eigenvalue weighted by Crippen LogP contribution is -2.60. The minimum absolute atomic E-state index is 0.0568. The lowest BCUT2D eigenvalue weighted by Gasteiger charge is -2.50. The minimum atomic E-state index is -0.0568. The first-order chi connectivity index (χ1) is 15.1. The molecule has 0 spiro atoms. The molecule has 2 saturated heterocycles. The number of pyridine rings is 1. The van der Waals surface area contributed by atoms with Gasteiger partial charge in [-0.3, -0.25) is 14.8 Å². The van der Waals surface area contributed by atoms with E-state index in [1.54, 1.807) is 37.1 Å². The molecule has 6 rings (SSSR count). The molecule has 0 aromatic carbocycles. The first-order valence-electron chi connectivity index (χ1n) is 10.7. The van der Waals surface area contributed by atoms with Gasteiger partial charge in [-0.2, -0.15) is 0 Å². The van der Waals surface area contributed by atoms with E-state index in [0.717, 1.165) is 42.9 Å². The van der Waals surface area contributed by atoms with E-state index in [0.29, 0.717) is 23.0 Å². The van der Waals surface area contributed by atoms with Gasteiger partial charge in [-0.25, -0.2) is 15.0 Å². The van der Waals surface area contributed by atoms with Gasteiger partial charge in [0.15, 0.2) is 5.82 Å². The van der Waals surface area contributed by atoms with Crippen molar-refractivity contribution in [1.29, 1.82) is 0 Å². The third kappa shape index (κ3) is 3.85. The SMILES string of the molecule is Cc1cnc(C(=O)N2CC3CCC2C(Nc2cnc(C)cn2)C3)c(-c2ncccn2)c1. The smallest absolute Gasteiger partial charge is 0.273 e. The van der Waals surface area contributed by atoms with Gasteiger partial charge in [0.1, 0.15) is 11.5 Å². The van der Waals surface area contributed by atoms with Crippen LogP contribution in [0.4, 0.5) is 5.82 Å². The van der Waals surface area contributed by atoms with Crippen LogP contribution in [0.25, 0.3) is 11.4 Å². The monoisotopic (exact) mass is 415 g/mol. The molecule has 3 atom stereocenters. The molecule has 3 aromatic rings. The summed E-state index contributed by atoms with van der Waals surface area (Å²) in [6.07, 6.45) is 11.8. The van der Waals surface area contributed by atoms with Crippen LogP contribution in [0.5, 0.6) is 0 Å². The van der Waals surface area contributed by atoms with Crippen LogP contribution in [0.15, 0.2) is 43.1 Å². The number of hydrogen-bond acceptors (Lipinski definition) is 7. The molecule has 8 nitrogen and oxygen atoms in total. The molecule has 158 valence electrons. The first-order valence-corrected chi connectivity index (χ1v) is 10.7. The van der Waals surface area contributed by atoms with E-state index in [4.69, 9.17) is 0 Å². The van der Waals surface area contributed by atoms with Crippen LogP contribution in [0.1, 0.15) is 41.0 Å². The van der Waals surface area contributed by atoms with Crippen molar-refractivity contribution < 1.29 is 4.79 Å². The highest BCUT2D eigenvalue weighted by molar-refractivity contribution is 5.98. The highest BCUT2D eigenvalue weighted by Crippen LogP contribution is 2.37. The van der Waals surface area contributed by atoms with Crippen molar-refractivity contribution in [2.45, 2.75) is 45.2 Å². The van der Waals surface area contributed by atoms with E-state index in [9.17, 15) is 4.79 Å². The Hall–Kier alpha value is -3.42. The van der Waals surface area contributed by atoms with Crippen LogP contribution in [0.3, 0.4) is 0 Å². The Balaban J connectivity index is 1.44. The number of aryl methyl sites for hydroxylation is 2. The zero-order valence-corrected chi connectivity index (χ0v) is 17.7. The number of carbonyl (C=O) groups is 1. The molecule has 1 N–H and O–H groups in total. The summed E-state index contributed by atoms with van der Waals surface area (Å²) in [5, 5.41) is 3.52. The largest absolute Gasteiger partial charge is 0.364 e. The average Bonchev–Trinajstić information content (AvgIpc) is 2.81. The number of rotatable bonds is 4. The number of piperidine rings is 2. The Morgan fingerprint density at radius 3 is 2.61 bits per heavy atom. The maximum Gasteiger partial charge on any atom is 0.273 e. The van der Waals surface area contributed by atoms with E-state index in [-0.39, 0.29) is 18.0 Å². The number of fused-ring (bicyclic) bond motifs is 3. The normalized spacial score (nSPS) is 22.4. The molecule has 3 fully saturated rings. The second kappa shape index (κ2) is 8.02. The summed E-state index contributed by atoms with van der Waals surface area (Å²) < 4.78 is 0. The minimum Gasteiger partial charge on any atom is -0.364 e. The molecule has 1 amide bonds. The van der Waals surface area contributed by atoms with Crippen LogP contribution in [0, 0.1) is 19.8 Å². The number of nitrogens with zero attached hydrogens (tertiary/aromatic N) is 6. The third-order valence-electron chi connectivity index (χ3n) is 6.19. The molecule has 3 aliphatic rings. The van der Waals surface area contributed by atoms with Gasteiger partial charge >= 0.3 is 0 Å². The van der Waals surface area contributed by atoms with Crippen molar-refractivity contribution >= 4 is 11.7 Å². The Bertz CT molecular complexity index is 1090. The number of amides is 1. The number of anilines is 1. The average molecular weight is 416 g/mol. The molecule has 2 aliphatic heterocycles. The van der Waals surface area contributed by atoms with Gasteiger partial charge in [0.2, 0.25) is 0 Å². The molecule has 3 unspecified atom stereocenters. The van der Waals surface area contributed by atoms with Gasteiger partial charge in [0, 0.05) is 31.2 Å². The third-order valence-corrected chi connectivity index (χ3v) is 6.19. The lowest BCUT2D eigenvalue weighted by atomic mass is 9.76. The van der Waals surface area contributed by atoms with Crippen molar-refractivity contribution in [2.24, 2.45) is 5.92 Å². The Morgan fingerprint density at radius 1 is 1.03 bits per heavy atom. The Morgan fingerprint density at radius 2 is 1.87 bits per heavy atom. The molecule has 3 aromatic heterocycles. The first kappa shape index (κ1) is 19.5. The second-order valence-corrected chi connectivity index (χ2v) is 8.48. The second-order valence-electron chi connectivity index (χ2n) is 8.48. The zero-order chi connectivity index (χ0) is 21.4. The summed E-state index contributed by atoms with van der Waals surface area (Å²) in [6.45, 7) is 4.63. The van der Waals surface area contributed by atoms with Gasteiger partial charge in [-0.1, -0.05) is 0 Å². The maximum atomic E-state index is 13.7. The van der Waals surface area contributed by atoms with Crippen LogP contribution in [-0.2, 0) is 0 Å². The molecular formula is C23H25N7O. The summed E-state index contributed by atoms with van der Waals surface area (Å²) in [4.78, 5) is 37.7. The van der Waals surface area contributed by atoms with Crippen molar-refractivity contribution in [2.75, 3.05) is 11.9 Å². The number of carbonyl (C=O) groups excluding carboxylic acids is 1. The van der Waals surface area contributed by atoms with Crippen LogP contribution >= 0.6 is 0 Å². The van der Waals surface area contributed by atoms with Gasteiger partial charge in [-0.05, 0) is 56.7 Å². The molecule has 5 heterocycles. The van der Waals surface area contributed by atoms with Gasteiger partial charge in [-0.15, -0.1) is 0 Å². The molecule has 0 radical (unpaired) electrons. The highest BCUT2D eigenvalue weighted by Gasteiger charge is 2.44. The molecule has 8 heteroatoms. The number of nitrogens with one attached hydrogen (secondary N) is 1. The Labute approximate surface area is 181 Å². The van der Waals surface area contributed by atoms with Gasteiger partial charge in [0.25, 0.3) is 5.91 Å². The fourth-order valence-electron chi connectivity index (χ4n) is 4.72. The quantitative estimate of drug-likeness (QED) is 0.699. The predicted octanol–water partition coefficient (Wildman–Crippen LogP) is 3.05. The van der Waals surface area contributed by atoms with Crippen molar-refractivity contribution in [3.8, 4) is 11.4 Å². The van der Waals surface area contributed by atoms with E-state index < -0.39 is 0 Å². The van der Waals surface area contributed by atoms with Crippen molar-refractivity contribution in [1.82, 2.24) is 29.8 Å². The molecular weight excluding hydrogens is 390 g/mol. The summed E-state index contributed by atoms with van der Waals surface area (Å²) >= 11 is 0. The topological polar surface area (TPSA) is 96.8 Å². The summed E-state index contributed by atoms with van der Waals surface area (Å²) in [7, 11) is 0. The Kier molecular flexibility index (Phi) is 5.05. The summed E-state index contributed by atoms with van der Waals surface area (Å²) in [5.74, 6) is 1.68. The van der Waals surface area contributed by atoms with Crippen molar-refractivity contribution in [3.63, 3.8) is 0 Å². The van der Waals surface area contributed by atoms with E-state index in [1.807, 2.05) is 24.8 Å². The summed E-state index contributed by atoms with van der Waals surface area (Å²) in [5.41, 5.74) is 2.95. The lowest BCUT2D eigenvalue weighted by molar-refractivity contribution is 0.0277. The molecule has 2 bridgehead atoms. The van der Waals surface area contributed by atoms with E-state index in [1.165, 1.54) is 0 Å². The van der Waals surface area contributed by atoms with Crippen LogP contribution in [0.2, 0.25) is 0 Å². The van der Waals surface area contributed by atoms with Crippen LogP contribution < -0.4 is 5.32 Å². The van der Waals surface area contributed by atoms with Crippen molar-refractivity contribution in [3.05, 3.63) is 60.1 Å². The fraction of sp³-hybridized carbons (Fsp3) is 0.391. The predicted molar refractivity (Wildman–Crippen MR) is 116 cm³/mol. The molecule has 1 saturated carbocycles. The molecule has 1 aliphatic carbocycles. The number of hydrogen-bond donors (Lipinski definition) is 1. The standard InChI is InChI=1S/C23H25N7O/c1-14-8-17(22-24-6-3-7-25-22)21(28-10-14)23(31)30-13-16-4-5-19(30)18(9-16)29-20-12-26-15(2)11-27-20/h3,6-8,10-12,16,18-19H,4-5,9,13H2,1-2H3,(H,27,29). The zero-order valence-electron chi connectivity index (χ0n) is 17.7. The molecule has 31 heavy (non-hydrogen) atoms. The summed E-state index contributed by atoms with van der Waals surface area (Å²) in [6, 6.07) is 3.95. The van der Waals surface area contributed by atoms with Crippen LogP contribution in [-0.4, -0.2) is 54.4 Å². The van der Waals surface area contributed by atoms with Gasteiger partial charge in [0.05, 0.1) is 29.7 Å². The van der Waals surface area contributed by atoms with E-state index in [2.05, 4.69) is 30.2 Å². The highest BCUT2D eigenvalue weighted by atomic mass is 16.2. The fourth-order valence-corrected chi connectivity index (χ4v) is 4.72.